The molecular formula is C14H26N4O. The van der Waals surface area contributed by atoms with Crippen LogP contribution in [0.1, 0.15) is 19.3 Å². The molecule has 0 aromatic carbocycles. The molecule has 2 rings (SSSR count). The van der Waals surface area contributed by atoms with E-state index in [0.717, 1.165) is 44.7 Å². The van der Waals surface area contributed by atoms with Crippen molar-refractivity contribution < 1.29 is 4.74 Å². The Morgan fingerprint density at radius 2 is 2.21 bits per heavy atom. The molecule has 0 spiro atoms. The van der Waals surface area contributed by atoms with Gasteiger partial charge in [-0.2, -0.15) is 0 Å². The fraction of sp³-hybridized carbons (Fsp3) is 0.786. The lowest BCUT2D eigenvalue weighted by Crippen LogP contribution is -2.36. The Kier molecular flexibility index (Phi) is 5.66. The monoisotopic (exact) mass is 266 g/mol. The lowest BCUT2D eigenvalue weighted by Gasteiger charge is -2.33. The number of hydrogen-bond acceptors (Lipinski definition) is 4. The van der Waals surface area contributed by atoms with E-state index >= 15 is 0 Å². The molecule has 5 nitrogen and oxygen atoms in total. The Bertz CT molecular complexity index is 358. The third-order valence-corrected chi connectivity index (χ3v) is 3.93. The Morgan fingerprint density at radius 3 is 2.89 bits per heavy atom. The van der Waals surface area contributed by atoms with Crippen LogP contribution in [-0.2, 0) is 11.3 Å². The Morgan fingerprint density at radius 1 is 1.42 bits per heavy atom. The van der Waals surface area contributed by atoms with Crippen LogP contribution < -0.4 is 10.2 Å². The van der Waals surface area contributed by atoms with Gasteiger partial charge in [-0.25, -0.2) is 4.98 Å². The summed E-state index contributed by atoms with van der Waals surface area (Å²) in [7, 11) is 3.77. The SMILES string of the molecule is CNCCC1CCN(c2nccn2CCOC)CC1. The summed E-state index contributed by atoms with van der Waals surface area (Å²) in [6.07, 6.45) is 7.78. The summed E-state index contributed by atoms with van der Waals surface area (Å²) < 4.78 is 7.34. The van der Waals surface area contributed by atoms with Crippen molar-refractivity contribution in [3.8, 4) is 0 Å². The molecule has 0 unspecified atom stereocenters. The Labute approximate surface area is 116 Å². The Hall–Kier alpha value is -1.07. The van der Waals surface area contributed by atoms with Gasteiger partial charge in [-0.3, -0.25) is 0 Å². The van der Waals surface area contributed by atoms with Gasteiger partial charge in [0.2, 0.25) is 5.95 Å². The molecule has 0 bridgehead atoms. The van der Waals surface area contributed by atoms with Gasteiger partial charge in [0.25, 0.3) is 0 Å². The van der Waals surface area contributed by atoms with Gasteiger partial charge in [-0.15, -0.1) is 0 Å². The van der Waals surface area contributed by atoms with E-state index in [1.165, 1.54) is 19.3 Å². The number of rotatable bonds is 7. The number of nitrogens with zero attached hydrogens (tertiary/aromatic N) is 3. The largest absolute Gasteiger partial charge is 0.383 e. The minimum atomic E-state index is 0.738. The van der Waals surface area contributed by atoms with Crippen molar-refractivity contribution >= 4 is 5.95 Å². The third-order valence-electron chi connectivity index (χ3n) is 3.93. The zero-order valence-corrected chi connectivity index (χ0v) is 12.1. The van der Waals surface area contributed by atoms with Gasteiger partial charge >= 0.3 is 0 Å². The summed E-state index contributed by atoms with van der Waals surface area (Å²) in [4.78, 5) is 6.91. The molecule has 0 amide bonds. The molecule has 1 saturated heterocycles. The van der Waals surface area contributed by atoms with Crippen LogP contribution in [-0.4, -0.2) is 49.9 Å². The van der Waals surface area contributed by atoms with E-state index in [1.54, 1.807) is 7.11 Å². The highest BCUT2D eigenvalue weighted by Gasteiger charge is 2.21. The maximum atomic E-state index is 5.14. The second kappa shape index (κ2) is 7.50. The summed E-state index contributed by atoms with van der Waals surface area (Å²) in [5.41, 5.74) is 0. The van der Waals surface area contributed by atoms with E-state index in [2.05, 4.69) is 19.8 Å². The molecule has 1 fully saturated rings. The number of hydrogen-bond donors (Lipinski definition) is 1. The van der Waals surface area contributed by atoms with E-state index in [0.29, 0.717) is 0 Å². The zero-order chi connectivity index (χ0) is 13.5. The summed E-state index contributed by atoms with van der Waals surface area (Å²) in [6.45, 7) is 5.00. The van der Waals surface area contributed by atoms with Gasteiger partial charge in [-0.1, -0.05) is 0 Å². The molecule has 1 aliphatic heterocycles. The second-order valence-corrected chi connectivity index (χ2v) is 5.24. The molecule has 0 aliphatic carbocycles. The summed E-state index contributed by atoms with van der Waals surface area (Å²) in [5, 5.41) is 3.24. The maximum Gasteiger partial charge on any atom is 0.205 e. The fourth-order valence-corrected chi connectivity index (χ4v) is 2.72. The molecule has 1 aliphatic rings. The highest BCUT2D eigenvalue weighted by molar-refractivity contribution is 5.31. The number of piperidine rings is 1. The normalized spacial score (nSPS) is 17.1. The average molecular weight is 266 g/mol. The minimum absolute atomic E-state index is 0.738. The second-order valence-electron chi connectivity index (χ2n) is 5.24. The van der Waals surface area contributed by atoms with E-state index in [9.17, 15) is 0 Å². The molecule has 19 heavy (non-hydrogen) atoms. The van der Waals surface area contributed by atoms with Crippen LogP contribution in [0.5, 0.6) is 0 Å². The zero-order valence-electron chi connectivity index (χ0n) is 12.1. The molecular weight excluding hydrogens is 240 g/mol. The van der Waals surface area contributed by atoms with Gasteiger partial charge in [-0.05, 0) is 38.8 Å². The van der Waals surface area contributed by atoms with Crippen molar-refractivity contribution in [3.05, 3.63) is 12.4 Å². The molecule has 0 atom stereocenters. The van der Waals surface area contributed by atoms with Crippen molar-refractivity contribution in [3.63, 3.8) is 0 Å². The molecule has 1 aromatic heterocycles. The fourth-order valence-electron chi connectivity index (χ4n) is 2.72. The predicted molar refractivity (Wildman–Crippen MR) is 77.6 cm³/mol. The van der Waals surface area contributed by atoms with Crippen LogP contribution in [0, 0.1) is 5.92 Å². The molecule has 0 radical (unpaired) electrons. The molecule has 1 aromatic rings. The lowest BCUT2D eigenvalue weighted by atomic mass is 9.94. The van der Waals surface area contributed by atoms with Crippen LogP contribution in [0.15, 0.2) is 12.4 Å². The number of imidazole rings is 1. The number of anilines is 1. The number of nitrogens with one attached hydrogen (secondary N) is 1. The minimum Gasteiger partial charge on any atom is -0.383 e. The van der Waals surface area contributed by atoms with Crippen molar-refractivity contribution in [1.82, 2.24) is 14.9 Å². The van der Waals surface area contributed by atoms with E-state index < -0.39 is 0 Å². The van der Waals surface area contributed by atoms with Gasteiger partial charge in [0.1, 0.15) is 0 Å². The van der Waals surface area contributed by atoms with E-state index in [1.807, 2.05) is 19.4 Å². The third kappa shape index (κ3) is 3.94. The topological polar surface area (TPSA) is 42.3 Å². The first kappa shape index (κ1) is 14.3. The standard InChI is InChI=1S/C14H26N4O/c1-15-6-3-13-4-8-17(9-5-13)14-16-7-10-18(14)11-12-19-2/h7,10,13,15H,3-6,8-9,11-12H2,1-2H3. The average Bonchev–Trinajstić information content (AvgIpc) is 2.92. The van der Waals surface area contributed by atoms with Crippen LogP contribution in [0.4, 0.5) is 5.95 Å². The quantitative estimate of drug-likeness (QED) is 0.809. The highest BCUT2D eigenvalue weighted by Crippen LogP contribution is 2.23. The van der Waals surface area contributed by atoms with Crippen molar-refractivity contribution in [2.75, 3.05) is 45.3 Å². The van der Waals surface area contributed by atoms with Gasteiger partial charge in [0, 0.05) is 39.1 Å². The smallest absolute Gasteiger partial charge is 0.205 e. The van der Waals surface area contributed by atoms with Crippen molar-refractivity contribution in [2.24, 2.45) is 5.92 Å². The first-order chi connectivity index (χ1) is 9.35. The van der Waals surface area contributed by atoms with E-state index in [-0.39, 0.29) is 0 Å². The van der Waals surface area contributed by atoms with Crippen molar-refractivity contribution in [1.29, 1.82) is 0 Å². The summed E-state index contributed by atoms with van der Waals surface area (Å²) in [6, 6.07) is 0. The van der Waals surface area contributed by atoms with Crippen molar-refractivity contribution in [2.45, 2.75) is 25.8 Å². The van der Waals surface area contributed by atoms with Gasteiger partial charge in [0.15, 0.2) is 0 Å². The van der Waals surface area contributed by atoms with E-state index in [4.69, 9.17) is 4.74 Å². The molecule has 0 saturated carbocycles. The van der Waals surface area contributed by atoms with Crippen LogP contribution in [0.2, 0.25) is 0 Å². The summed E-state index contributed by atoms with van der Waals surface area (Å²) >= 11 is 0. The molecule has 108 valence electrons. The van der Waals surface area contributed by atoms with Gasteiger partial charge < -0.3 is 19.5 Å². The van der Waals surface area contributed by atoms with Crippen LogP contribution in [0.25, 0.3) is 0 Å². The molecule has 1 N–H and O–H groups in total. The highest BCUT2D eigenvalue weighted by atomic mass is 16.5. The van der Waals surface area contributed by atoms with Gasteiger partial charge in [0.05, 0.1) is 6.61 Å². The summed E-state index contributed by atoms with van der Waals surface area (Å²) in [5.74, 6) is 1.97. The van der Waals surface area contributed by atoms with Crippen LogP contribution >= 0.6 is 0 Å². The number of ether oxygens (including phenoxy) is 1. The Balaban J connectivity index is 1.85. The number of methoxy groups -OCH3 is 1. The first-order valence-corrected chi connectivity index (χ1v) is 7.24. The number of aromatic nitrogens is 2. The lowest BCUT2D eigenvalue weighted by molar-refractivity contribution is 0.187. The van der Waals surface area contributed by atoms with Crippen LogP contribution in [0.3, 0.4) is 0 Å². The maximum absolute atomic E-state index is 5.14. The predicted octanol–water partition coefficient (Wildman–Crippen LogP) is 1.36. The molecule has 2 heterocycles. The first-order valence-electron chi connectivity index (χ1n) is 7.24. The molecule has 5 heteroatoms.